The monoisotopic (exact) mass is 456 g/mol. The topological polar surface area (TPSA) is 52.6 Å². The summed E-state index contributed by atoms with van der Waals surface area (Å²) in [6, 6.07) is 11.2. The third-order valence-electron chi connectivity index (χ3n) is 4.64. The van der Waals surface area contributed by atoms with Crippen molar-refractivity contribution in [2.24, 2.45) is 0 Å². The van der Waals surface area contributed by atoms with Crippen LogP contribution in [0.2, 0.25) is 0 Å². The van der Waals surface area contributed by atoms with E-state index in [4.69, 9.17) is 13.6 Å². The fraction of sp³-hybridized carbons (Fsp3) is 0.292. The molecule has 4 rings (SSSR count). The van der Waals surface area contributed by atoms with Crippen LogP contribution in [0.5, 0.6) is 5.75 Å². The molecule has 2 heterocycles. The van der Waals surface area contributed by atoms with E-state index in [1.807, 2.05) is 30.3 Å². The minimum absolute atomic E-state index is 0.320. The summed E-state index contributed by atoms with van der Waals surface area (Å²) in [7, 11) is 0. The zero-order chi connectivity index (χ0) is 20.6. The molecule has 5 heteroatoms. The van der Waals surface area contributed by atoms with Gasteiger partial charge in [0.15, 0.2) is 17.6 Å². The van der Waals surface area contributed by atoms with Crippen molar-refractivity contribution in [1.29, 1.82) is 0 Å². The quantitative estimate of drug-likeness (QED) is 0.209. The highest BCUT2D eigenvalue weighted by atomic mass is 79.9. The normalized spacial score (nSPS) is 10.7. The fourth-order valence-electron chi connectivity index (χ4n) is 3.10. The van der Waals surface area contributed by atoms with Crippen LogP contribution in [-0.4, -0.2) is 6.29 Å². The molecule has 0 spiro atoms. The third kappa shape index (κ3) is 5.10. The number of hydrogen-bond donors (Lipinski definition) is 0. The van der Waals surface area contributed by atoms with Crippen LogP contribution in [0.3, 0.4) is 0 Å². The number of carbonyl (C=O) groups is 1. The molecule has 0 bridgehead atoms. The van der Waals surface area contributed by atoms with Crippen LogP contribution in [0.1, 0.15) is 55.5 Å². The average molecular weight is 457 g/mol. The smallest absolute Gasteiger partial charge is 0.176 e. The van der Waals surface area contributed by atoms with Crippen LogP contribution in [0, 0.1) is 0 Å². The van der Waals surface area contributed by atoms with Gasteiger partial charge in [0.25, 0.3) is 0 Å². The Balaban J connectivity index is 0.000000353. The van der Waals surface area contributed by atoms with Crippen molar-refractivity contribution < 1.29 is 18.4 Å². The van der Waals surface area contributed by atoms with E-state index in [0.717, 1.165) is 32.7 Å². The largest absolute Gasteiger partial charge is 0.484 e. The third-order valence-corrected chi connectivity index (χ3v) is 5.23. The number of rotatable bonds is 7. The predicted octanol–water partition coefficient (Wildman–Crippen LogP) is 7.92. The number of halogens is 1. The Labute approximate surface area is 179 Å². The maximum atomic E-state index is 11.3. The molecular formula is C24H25BrO4. The number of furan rings is 2. The lowest BCUT2D eigenvalue weighted by molar-refractivity contribution is 0.111. The molecule has 2 aromatic heterocycles. The van der Waals surface area contributed by atoms with Crippen molar-refractivity contribution in [1.82, 2.24) is 0 Å². The summed E-state index contributed by atoms with van der Waals surface area (Å²) < 4.78 is 17.6. The van der Waals surface area contributed by atoms with Crippen molar-refractivity contribution in [3.05, 3.63) is 64.5 Å². The Kier molecular flexibility index (Phi) is 7.53. The first kappa shape index (κ1) is 21.2. The molecule has 0 amide bonds. The standard InChI is InChI=1S/C18H11BrO4.C6H14/c19-15-8-11(7-13-4-6-21-16(13)15)10-23-18-14(9-20)2-1-12-3-5-22-17(12)18;1-3-5-6-4-2/h1-9H,10H2;3-6H2,1-2H3. The van der Waals surface area contributed by atoms with Gasteiger partial charge in [0, 0.05) is 10.8 Å². The molecule has 0 saturated carbocycles. The van der Waals surface area contributed by atoms with Gasteiger partial charge in [-0.25, -0.2) is 0 Å². The summed E-state index contributed by atoms with van der Waals surface area (Å²) in [5.74, 6) is 0.464. The van der Waals surface area contributed by atoms with Crippen LogP contribution in [0.4, 0.5) is 0 Å². The fourth-order valence-corrected chi connectivity index (χ4v) is 3.71. The van der Waals surface area contributed by atoms with Gasteiger partial charge in [-0.3, -0.25) is 4.79 Å². The minimum atomic E-state index is 0.320. The van der Waals surface area contributed by atoms with E-state index in [2.05, 4.69) is 29.8 Å². The number of aldehydes is 1. The van der Waals surface area contributed by atoms with Crippen LogP contribution in [0.25, 0.3) is 21.9 Å². The molecule has 29 heavy (non-hydrogen) atoms. The second-order valence-corrected chi connectivity index (χ2v) is 7.71. The number of hydrogen-bond acceptors (Lipinski definition) is 4. The molecule has 0 saturated heterocycles. The van der Waals surface area contributed by atoms with Gasteiger partial charge in [0.05, 0.1) is 22.6 Å². The second kappa shape index (κ2) is 10.3. The number of benzene rings is 2. The first-order valence-corrected chi connectivity index (χ1v) is 10.7. The Bertz CT molecular complexity index is 1070. The molecule has 152 valence electrons. The molecular weight excluding hydrogens is 432 g/mol. The van der Waals surface area contributed by atoms with E-state index in [1.165, 1.54) is 25.7 Å². The van der Waals surface area contributed by atoms with Gasteiger partial charge in [-0.15, -0.1) is 0 Å². The SMILES string of the molecule is CCCCCC.O=Cc1ccc2ccoc2c1OCc1cc(Br)c2occc2c1. The molecule has 0 aliphatic carbocycles. The number of carbonyl (C=O) groups excluding carboxylic acids is 1. The number of ether oxygens (including phenoxy) is 1. The zero-order valence-electron chi connectivity index (χ0n) is 16.7. The van der Waals surface area contributed by atoms with E-state index in [0.29, 0.717) is 23.5 Å². The Hall–Kier alpha value is -2.53. The van der Waals surface area contributed by atoms with Crippen LogP contribution in [0.15, 0.2) is 62.2 Å². The Morgan fingerprint density at radius 2 is 1.62 bits per heavy atom. The molecule has 0 N–H and O–H groups in total. The van der Waals surface area contributed by atoms with Gasteiger partial charge in [-0.05, 0) is 51.8 Å². The first-order chi connectivity index (χ1) is 14.2. The molecule has 4 aromatic rings. The molecule has 0 fully saturated rings. The van der Waals surface area contributed by atoms with Gasteiger partial charge in [-0.1, -0.05) is 45.6 Å². The highest BCUT2D eigenvalue weighted by Gasteiger charge is 2.13. The maximum Gasteiger partial charge on any atom is 0.176 e. The zero-order valence-corrected chi connectivity index (χ0v) is 18.3. The minimum Gasteiger partial charge on any atom is -0.484 e. The summed E-state index contributed by atoms with van der Waals surface area (Å²) in [6.07, 6.45) is 9.54. The van der Waals surface area contributed by atoms with Crippen LogP contribution < -0.4 is 4.74 Å². The van der Waals surface area contributed by atoms with Gasteiger partial charge in [0.2, 0.25) is 0 Å². The van der Waals surface area contributed by atoms with Crippen LogP contribution in [-0.2, 0) is 6.61 Å². The summed E-state index contributed by atoms with van der Waals surface area (Å²) in [6.45, 7) is 4.78. The van der Waals surface area contributed by atoms with Crippen molar-refractivity contribution >= 4 is 44.2 Å². The number of fused-ring (bicyclic) bond motifs is 2. The van der Waals surface area contributed by atoms with Crippen molar-refractivity contribution in [3.63, 3.8) is 0 Å². The van der Waals surface area contributed by atoms with E-state index in [1.54, 1.807) is 18.6 Å². The van der Waals surface area contributed by atoms with Gasteiger partial charge < -0.3 is 13.6 Å². The second-order valence-electron chi connectivity index (χ2n) is 6.85. The Morgan fingerprint density at radius 3 is 2.31 bits per heavy atom. The maximum absolute atomic E-state index is 11.3. The van der Waals surface area contributed by atoms with Gasteiger partial charge in [0.1, 0.15) is 12.2 Å². The van der Waals surface area contributed by atoms with E-state index in [9.17, 15) is 4.79 Å². The van der Waals surface area contributed by atoms with Crippen molar-refractivity contribution in [3.8, 4) is 5.75 Å². The molecule has 2 aromatic carbocycles. The summed E-state index contributed by atoms with van der Waals surface area (Å²) in [5.41, 5.74) is 2.82. The molecule has 4 nitrogen and oxygen atoms in total. The number of unbranched alkanes of at least 4 members (excludes halogenated alkanes) is 3. The lowest BCUT2D eigenvalue weighted by Gasteiger charge is -2.09. The first-order valence-electron chi connectivity index (χ1n) is 9.91. The molecule has 0 atom stereocenters. The predicted molar refractivity (Wildman–Crippen MR) is 120 cm³/mol. The lowest BCUT2D eigenvalue weighted by atomic mass is 10.1. The highest BCUT2D eigenvalue weighted by Crippen LogP contribution is 2.32. The van der Waals surface area contributed by atoms with Gasteiger partial charge in [-0.2, -0.15) is 0 Å². The van der Waals surface area contributed by atoms with E-state index >= 15 is 0 Å². The summed E-state index contributed by atoms with van der Waals surface area (Å²) >= 11 is 3.49. The lowest BCUT2D eigenvalue weighted by Crippen LogP contribution is -1.99. The summed E-state index contributed by atoms with van der Waals surface area (Å²) in [4.78, 5) is 11.3. The van der Waals surface area contributed by atoms with Crippen molar-refractivity contribution in [2.45, 2.75) is 46.1 Å². The van der Waals surface area contributed by atoms with E-state index < -0.39 is 0 Å². The van der Waals surface area contributed by atoms with Crippen molar-refractivity contribution in [2.75, 3.05) is 0 Å². The molecule has 0 aliphatic rings. The molecule has 0 aliphatic heterocycles. The summed E-state index contributed by atoms with van der Waals surface area (Å²) in [5, 5.41) is 1.89. The van der Waals surface area contributed by atoms with E-state index in [-0.39, 0.29) is 0 Å². The molecule has 0 unspecified atom stereocenters. The highest BCUT2D eigenvalue weighted by molar-refractivity contribution is 9.10. The Morgan fingerprint density at radius 1 is 0.931 bits per heavy atom. The van der Waals surface area contributed by atoms with Gasteiger partial charge >= 0.3 is 0 Å². The van der Waals surface area contributed by atoms with Crippen LogP contribution >= 0.6 is 15.9 Å². The molecule has 0 radical (unpaired) electrons. The average Bonchev–Trinajstić information content (AvgIpc) is 3.40.